The number of nitrogens with zero attached hydrogens (tertiary/aromatic N) is 5. The number of fused-ring (bicyclic) bond motifs is 2. The molecule has 5 heterocycles. The Kier molecular flexibility index (Phi) is 5.85. The van der Waals surface area contributed by atoms with Crippen molar-refractivity contribution in [3.05, 3.63) is 42.1 Å². The van der Waals surface area contributed by atoms with E-state index in [4.69, 9.17) is 4.98 Å². The molecule has 2 fully saturated rings. The Bertz CT molecular complexity index is 1290. The number of halogens is 3. The first-order valence-corrected chi connectivity index (χ1v) is 12.9. The van der Waals surface area contributed by atoms with Gasteiger partial charge in [-0.2, -0.15) is 13.2 Å². The fourth-order valence-corrected chi connectivity index (χ4v) is 5.76. The maximum Gasteiger partial charge on any atom is 0.395 e. The molecule has 3 aromatic rings. The van der Waals surface area contributed by atoms with Crippen LogP contribution in [0, 0.1) is 11.3 Å². The van der Waals surface area contributed by atoms with Crippen LogP contribution in [-0.2, 0) is 24.2 Å². The predicted octanol–water partition coefficient (Wildman–Crippen LogP) is 5.00. The number of pyridine rings is 2. The minimum Gasteiger partial charge on any atom is -0.327 e. The van der Waals surface area contributed by atoms with Crippen molar-refractivity contribution in [1.82, 2.24) is 24.4 Å². The van der Waals surface area contributed by atoms with E-state index in [1.807, 2.05) is 29.3 Å². The van der Waals surface area contributed by atoms with Crippen molar-refractivity contribution in [1.29, 1.82) is 0 Å². The number of Topliss-reactive ketones (excluding diaryl/α,β-unsaturated/α-hetero) is 1. The minimum atomic E-state index is -4.13. The highest BCUT2D eigenvalue weighted by atomic mass is 19.4. The van der Waals surface area contributed by atoms with Gasteiger partial charge >= 0.3 is 6.18 Å². The summed E-state index contributed by atoms with van der Waals surface area (Å²) in [6.45, 7) is 2.11. The molecule has 0 atom stereocenters. The highest BCUT2D eigenvalue weighted by molar-refractivity contribution is 5.85. The number of rotatable bonds is 6. The summed E-state index contributed by atoms with van der Waals surface area (Å²) in [5.41, 5.74) is 1.86. The predicted molar refractivity (Wildman–Crippen MR) is 129 cm³/mol. The second-order valence-corrected chi connectivity index (χ2v) is 10.7. The van der Waals surface area contributed by atoms with Gasteiger partial charge in [-0.15, -0.1) is 0 Å². The quantitative estimate of drug-likeness (QED) is 0.480. The van der Waals surface area contributed by atoms with Gasteiger partial charge in [0.05, 0.1) is 28.5 Å². The average molecular weight is 498 g/mol. The summed E-state index contributed by atoms with van der Waals surface area (Å²) in [5.74, 6) is 1.09. The van der Waals surface area contributed by atoms with Gasteiger partial charge in [-0.25, -0.2) is 9.97 Å². The zero-order valence-corrected chi connectivity index (χ0v) is 20.2. The van der Waals surface area contributed by atoms with Crippen molar-refractivity contribution >= 4 is 16.7 Å². The second kappa shape index (κ2) is 8.94. The Morgan fingerprint density at radius 1 is 1.06 bits per heavy atom. The number of aryl methyl sites for hydroxylation is 1. The number of piperidine rings is 1. The molecule has 6 rings (SSSR count). The molecule has 0 amide bonds. The summed E-state index contributed by atoms with van der Waals surface area (Å²) in [5, 5.41) is 0.917. The van der Waals surface area contributed by atoms with Crippen LogP contribution in [0.3, 0.4) is 0 Å². The van der Waals surface area contributed by atoms with Crippen molar-refractivity contribution in [3.8, 4) is 11.4 Å². The largest absolute Gasteiger partial charge is 0.395 e. The summed E-state index contributed by atoms with van der Waals surface area (Å²) < 4.78 is 42.1. The van der Waals surface area contributed by atoms with Gasteiger partial charge in [-0.1, -0.05) is 0 Å². The maximum absolute atomic E-state index is 13.3. The summed E-state index contributed by atoms with van der Waals surface area (Å²) in [6.07, 6.45) is 4.70. The Balaban J connectivity index is 1.11. The third-order valence-electron chi connectivity index (χ3n) is 8.24. The highest BCUT2D eigenvalue weighted by Gasteiger charge is 2.63. The first-order valence-electron chi connectivity index (χ1n) is 12.9. The fraction of sp³-hybridized carbons (Fsp3) is 0.556. The van der Waals surface area contributed by atoms with E-state index in [1.165, 1.54) is 0 Å². The molecule has 0 aromatic carbocycles. The molecule has 0 N–H and O–H groups in total. The SMILES string of the molecule is O=C(Cc1cc2nc(-c3cnc4n3CCCC4)ccc2cn1)C1CCN(CC2(C(F)(F)F)CC2)CC1. The van der Waals surface area contributed by atoms with Crippen molar-refractivity contribution in [2.75, 3.05) is 19.6 Å². The molecule has 0 radical (unpaired) electrons. The number of likely N-dealkylation sites (tertiary alicyclic amines) is 1. The topological polar surface area (TPSA) is 63.9 Å². The lowest BCUT2D eigenvalue weighted by molar-refractivity contribution is -0.192. The molecule has 1 saturated heterocycles. The van der Waals surface area contributed by atoms with E-state index in [-0.39, 0.29) is 37.5 Å². The number of aromatic nitrogens is 4. The molecule has 2 aliphatic heterocycles. The first-order chi connectivity index (χ1) is 17.3. The van der Waals surface area contributed by atoms with Gasteiger partial charge in [0.25, 0.3) is 0 Å². The van der Waals surface area contributed by atoms with Crippen LogP contribution in [0.15, 0.2) is 30.6 Å². The number of hydrogen-bond donors (Lipinski definition) is 0. The van der Waals surface area contributed by atoms with Crippen molar-refractivity contribution < 1.29 is 18.0 Å². The first kappa shape index (κ1) is 23.6. The van der Waals surface area contributed by atoms with E-state index in [1.54, 1.807) is 6.20 Å². The highest BCUT2D eigenvalue weighted by Crippen LogP contribution is 2.58. The van der Waals surface area contributed by atoms with Crippen LogP contribution in [0.5, 0.6) is 0 Å². The van der Waals surface area contributed by atoms with E-state index in [2.05, 4.69) is 14.5 Å². The molecule has 0 spiro atoms. The van der Waals surface area contributed by atoms with Crippen LogP contribution >= 0.6 is 0 Å². The van der Waals surface area contributed by atoms with Crippen LogP contribution in [0.25, 0.3) is 22.3 Å². The smallest absolute Gasteiger partial charge is 0.327 e. The number of ketones is 1. The van der Waals surface area contributed by atoms with Crippen LogP contribution in [0.2, 0.25) is 0 Å². The van der Waals surface area contributed by atoms with E-state index in [9.17, 15) is 18.0 Å². The Hall–Kier alpha value is -2.81. The summed E-state index contributed by atoms with van der Waals surface area (Å²) >= 11 is 0. The Morgan fingerprint density at radius 2 is 1.86 bits per heavy atom. The molecule has 3 aliphatic rings. The lowest BCUT2D eigenvalue weighted by Crippen LogP contribution is -2.43. The molecule has 3 aromatic heterocycles. The normalized spacial score (nSPS) is 20.4. The average Bonchev–Trinajstić information content (AvgIpc) is 3.54. The number of carbonyl (C=O) groups excluding carboxylic acids is 1. The van der Waals surface area contributed by atoms with Crippen molar-refractivity contribution in [3.63, 3.8) is 0 Å². The van der Waals surface area contributed by atoms with Crippen LogP contribution in [0.4, 0.5) is 13.2 Å². The van der Waals surface area contributed by atoms with E-state index < -0.39 is 11.6 Å². The van der Waals surface area contributed by atoms with Crippen LogP contribution in [0.1, 0.15) is 50.0 Å². The zero-order chi connectivity index (χ0) is 24.9. The number of imidazole rings is 1. The molecular weight excluding hydrogens is 467 g/mol. The molecule has 0 bridgehead atoms. The van der Waals surface area contributed by atoms with Crippen molar-refractivity contribution in [2.24, 2.45) is 11.3 Å². The molecule has 6 nitrogen and oxygen atoms in total. The van der Waals surface area contributed by atoms with Gasteiger partial charge in [0.15, 0.2) is 0 Å². The van der Waals surface area contributed by atoms with E-state index in [0.717, 1.165) is 53.9 Å². The third kappa shape index (κ3) is 4.42. The Labute approximate surface area is 207 Å². The molecule has 190 valence electrons. The number of alkyl halides is 3. The van der Waals surface area contributed by atoms with E-state index in [0.29, 0.717) is 31.6 Å². The van der Waals surface area contributed by atoms with Gasteiger partial charge in [-0.05, 0) is 69.8 Å². The van der Waals surface area contributed by atoms with Crippen molar-refractivity contribution in [2.45, 2.75) is 64.1 Å². The summed E-state index contributed by atoms with van der Waals surface area (Å²) in [6, 6.07) is 5.88. The lowest BCUT2D eigenvalue weighted by atomic mass is 9.89. The molecular formula is C27H30F3N5O. The van der Waals surface area contributed by atoms with Gasteiger partial charge < -0.3 is 9.47 Å². The number of carbonyl (C=O) groups is 1. The maximum atomic E-state index is 13.3. The zero-order valence-electron chi connectivity index (χ0n) is 20.2. The summed E-state index contributed by atoms with van der Waals surface area (Å²) in [4.78, 5) is 28.8. The molecule has 36 heavy (non-hydrogen) atoms. The van der Waals surface area contributed by atoms with Gasteiger partial charge in [0, 0.05) is 49.1 Å². The minimum absolute atomic E-state index is 0.0675. The number of hydrogen-bond acceptors (Lipinski definition) is 5. The molecule has 1 aliphatic carbocycles. The van der Waals surface area contributed by atoms with Crippen LogP contribution < -0.4 is 0 Å². The van der Waals surface area contributed by atoms with Gasteiger partial charge in [-0.3, -0.25) is 9.78 Å². The summed E-state index contributed by atoms with van der Waals surface area (Å²) in [7, 11) is 0. The second-order valence-electron chi connectivity index (χ2n) is 10.7. The monoisotopic (exact) mass is 497 g/mol. The molecule has 0 unspecified atom stereocenters. The van der Waals surface area contributed by atoms with Gasteiger partial charge in [0.1, 0.15) is 11.6 Å². The van der Waals surface area contributed by atoms with E-state index >= 15 is 0 Å². The fourth-order valence-electron chi connectivity index (χ4n) is 5.76. The Morgan fingerprint density at radius 3 is 2.61 bits per heavy atom. The van der Waals surface area contributed by atoms with Gasteiger partial charge in [0.2, 0.25) is 0 Å². The van der Waals surface area contributed by atoms with Crippen LogP contribution in [-0.4, -0.2) is 56.0 Å². The molecule has 1 saturated carbocycles. The molecule has 9 heteroatoms. The standard InChI is InChI=1S/C27H30F3N5O/c28-27(29,30)26(8-9-26)17-34-11-6-18(7-12-34)24(36)14-20-13-22-19(15-31-20)4-5-21(33-22)23-16-32-25-3-1-2-10-35(23)25/h4-5,13,15-16,18H,1-3,6-12,14,17H2. The lowest BCUT2D eigenvalue weighted by Gasteiger charge is -2.34. The third-order valence-corrected chi connectivity index (χ3v) is 8.24.